The molecular formula is C34H42ClN7O2. The van der Waals surface area contributed by atoms with E-state index in [4.69, 9.17) is 21.4 Å². The minimum atomic E-state index is 0.0430. The predicted molar refractivity (Wildman–Crippen MR) is 171 cm³/mol. The number of aryl methyl sites for hydroxylation is 1. The molecule has 0 unspecified atom stereocenters. The molecule has 4 aliphatic heterocycles. The Morgan fingerprint density at radius 2 is 1.86 bits per heavy atom. The number of halogens is 1. The lowest BCUT2D eigenvalue weighted by Gasteiger charge is -2.65. The van der Waals surface area contributed by atoms with Crippen LogP contribution in [0.3, 0.4) is 0 Å². The number of nitrogens with zero attached hydrogens (tertiary/aromatic N) is 6. The summed E-state index contributed by atoms with van der Waals surface area (Å²) in [7, 11) is 0. The number of piperidine rings is 1. The van der Waals surface area contributed by atoms with Gasteiger partial charge in [-0.2, -0.15) is 10.2 Å². The number of rotatable bonds is 5. The van der Waals surface area contributed by atoms with Crippen molar-refractivity contribution in [1.29, 1.82) is 0 Å². The van der Waals surface area contributed by atoms with Crippen LogP contribution in [0, 0.1) is 24.7 Å². The Kier molecular flexibility index (Phi) is 5.82. The highest BCUT2D eigenvalue weighted by atomic mass is 35.5. The summed E-state index contributed by atoms with van der Waals surface area (Å²) in [6.45, 7) is 14.9. The number of amides is 1. The highest BCUT2D eigenvalue weighted by Gasteiger charge is 2.59. The Balaban J connectivity index is 1.09. The third-order valence-electron chi connectivity index (χ3n) is 12.4. The maximum absolute atomic E-state index is 12.1. The molecule has 3 aromatic rings. The standard InChI is InChI=1S/C34H42ClN7O2/c1-4-27(43)40-19-33(20-40)11-23(12-33)42-22(3)28(29-25-13-36-37-26(25)10-21(2)30(29)35)31(38-42)41-9-8-32(16-34(41)6-5-7-34)17-39(18-32)24-14-44-15-24/h4,10,13,23-24H,1,5-9,11-12,14-20H2,2-3H3,(H,36,37). The molecule has 6 fully saturated rings. The molecule has 0 radical (unpaired) electrons. The molecule has 3 spiro atoms. The zero-order valence-corrected chi connectivity index (χ0v) is 26.6. The number of carbonyl (C=O) groups excluding carboxylic acids is 1. The third-order valence-corrected chi connectivity index (χ3v) is 12.9. The number of benzene rings is 1. The van der Waals surface area contributed by atoms with Gasteiger partial charge in [-0.3, -0.25) is 19.5 Å². The molecule has 1 amide bonds. The number of likely N-dealkylation sites (tertiary alicyclic amines) is 2. The van der Waals surface area contributed by atoms with Crippen LogP contribution in [0.25, 0.3) is 22.0 Å². The van der Waals surface area contributed by atoms with Crippen molar-refractivity contribution < 1.29 is 9.53 Å². The van der Waals surface area contributed by atoms with Gasteiger partial charge in [-0.25, -0.2) is 0 Å². The van der Waals surface area contributed by atoms with Crippen LogP contribution < -0.4 is 4.90 Å². The average molecular weight is 616 g/mol. The smallest absolute Gasteiger partial charge is 0.245 e. The van der Waals surface area contributed by atoms with E-state index in [9.17, 15) is 4.79 Å². The number of hydrogen-bond donors (Lipinski definition) is 1. The lowest BCUT2D eigenvalue weighted by atomic mass is 9.58. The van der Waals surface area contributed by atoms with E-state index in [-0.39, 0.29) is 16.9 Å². The van der Waals surface area contributed by atoms with E-state index < -0.39 is 0 Å². The van der Waals surface area contributed by atoms with Crippen LogP contribution in [0.4, 0.5) is 5.82 Å². The van der Waals surface area contributed by atoms with Crippen molar-refractivity contribution in [2.24, 2.45) is 10.8 Å². The van der Waals surface area contributed by atoms with Crippen molar-refractivity contribution >= 4 is 34.2 Å². The monoisotopic (exact) mass is 615 g/mol. The molecule has 0 bridgehead atoms. The maximum Gasteiger partial charge on any atom is 0.245 e. The largest absolute Gasteiger partial charge is 0.378 e. The van der Waals surface area contributed by atoms with Crippen LogP contribution in [0.15, 0.2) is 24.9 Å². The first-order chi connectivity index (χ1) is 21.2. The van der Waals surface area contributed by atoms with Crippen LogP contribution >= 0.6 is 11.6 Å². The highest BCUT2D eigenvalue weighted by molar-refractivity contribution is 6.36. The summed E-state index contributed by atoms with van der Waals surface area (Å²) < 4.78 is 7.82. The van der Waals surface area contributed by atoms with E-state index in [1.807, 2.05) is 11.1 Å². The fourth-order valence-corrected chi connectivity index (χ4v) is 10.1. The van der Waals surface area contributed by atoms with Gasteiger partial charge in [0.25, 0.3) is 0 Å². The van der Waals surface area contributed by atoms with Gasteiger partial charge in [-0.15, -0.1) is 0 Å². The van der Waals surface area contributed by atoms with Crippen molar-refractivity contribution in [3.05, 3.63) is 41.2 Å². The lowest BCUT2D eigenvalue weighted by molar-refractivity contribution is -0.149. The molecule has 4 saturated heterocycles. The van der Waals surface area contributed by atoms with Gasteiger partial charge in [0.15, 0.2) is 5.82 Å². The van der Waals surface area contributed by atoms with Gasteiger partial charge in [-0.1, -0.05) is 18.2 Å². The van der Waals surface area contributed by atoms with Crippen molar-refractivity contribution in [2.75, 3.05) is 50.8 Å². The van der Waals surface area contributed by atoms with E-state index in [2.05, 4.69) is 51.2 Å². The summed E-state index contributed by atoms with van der Waals surface area (Å²) in [5.41, 5.74) is 6.27. The highest BCUT2D eigenvalue weighted by Crippen LogP contribution is 2.59. The zero-order valence-electron chi connectivity index (χ0n) is 25.9. The zero-order chi connectivity index (χ0) is 30.0. The Labute approximate surface area is 263 Å². The van der Waals surface area contributed by atoms with Crippen molar-refractivity contribution in [1.82, 2.24) is 29.8 Å². The minimum Gasteiger partial charge on any atom is -0.378 e. The Bertz CT molecular complexity index is 1680. The van der Waals surface area contributed by atoms with Crippen LogP contribution in [-0.4, -0.2) is 93.2 Å². The van der Waals surface area contributed by atoms with Crippen molar-refractivity contribution in [2.45, 2.75) is 76.4 Å². The van der Waals surface area contributed by atoms with Crippen molar-refractivity contribution in [3.8, 4) is 11.1 Å². The summed E-state index contributed by atoms with van der Waals surface area (Å²) in [5.74, 6) is 1.15. The molecule has 1 aromatic carbocycles. The van der Waals surface area contributed by atoms with Gasteiger partial charge in [0.1, 0.15) is 0 Å². The number of H-pyrrole nitrogens is 1. The summed E-state index contributed by atoms with van der Waals surface area (Å²) in [6.07, 6.45) is 11.6. The Hall–Kier alpha value is -2.88. The summed E-state index contributed by atoms with van der Waals surface area (Å²) in [5, 5.41) is 15.0. The van der Waals surface area contributed by atoms with Crippen LogP contribution in [0.1, 0.15) is 62.2 Å². The molecule has 9 rings (SSSR count). The lowest BCUT2D eigenvalue weighted by Crippen LogP contribution is -2.71. The van der Waals surface area contributed by atoms with Gasteiger partial charge in [-0.05, 0) is 81.9 Å². The predicted octanol–water partition coefficient (Wildman–Crippen LogP) is 5.27. The molecular weight excluding hydrogens is 574 g/mol. The Morgan fingerprint density at radius 1 is 1.09 bits per heavy atom. The second-order valence-corrected chi connectivity index (χ2v) is 15.5. The van der Waals surface area contributed by atoms with Crippen LogP contribution in [-0.2, 0) is 9.53 Å². The first-order valence-electron chi connectivity index (χ1n) is 16.5. The number of hydrogen-bond acceptors (Lipinski definition) is 6. The average Bonchev–Trinajstić information content (AvgIpc) is 3.49. The summed E-state index contributed by atoms with van der Waals surface area (Å²) in [6, 6.07) is 3.06. The first-order valence-corrected chi connectivity index (χ1v) is 16.8. The number of nitrogens with one attached hydrogen (secondary N) is 1. The number of carbonyl (C=O) groups is 1. The fourth-order valence-electron chi connectivity index (χ4n) is 9.81. The molecule has 10 heteroatoms. The topological polar surface area (TPSA) is 82.5 Å². The second-order valence-electron chi connectivity index (χ2n) is 15.2. The summed E-state index contributed by atoms with van der Waals surface area (Å²) >= 11 is 7.22. The van der Waals surface area contributed by atoms with Gasteiger partial charge in [0.05, 0.1) is 42.0 Å². The second kappa shape index (κ2) is 9.33. The number of ether oxygens (including phenoxy) is 1. The minimum absolute atomic E-state index is 0.0430. The number of aromatic nitrogens is 4. The molecule has 9 nitrogen and oxygen atoms in total. The van der Waals surface area contributed by atoms with E-state index in [0.717, 1.165) is 78.6 Å². The van der Waals surface area contributed by atoms with Gasteiger partial charge in [0, 0.05) is 65.9 Å². The van der Waals surface area contributed by atoms with Crippen LogP contribution in [0.2, 0.25) is 5.02 Å². The molecule has 2 saturated carbocycles. The molecule has 232 valence electrons. The number of aromatic amines is 1. The van der Waals surface area contributed by atoms with Gasteiger partial charge < -0.3 is 14.5 Å². The molecule has 6 aliphatic rings. The normalized spacial score (nSPS) is 25.5. The molecule has 44 heavy (non-hydrogen) atoms. The van der Waals surface area contributed by atoms with Gasteiger partial charge in [0.2, 0.25) is 5.91 Å². The van der Waals surface area contributed by atoms with Gasteiger partial charge >= 0.3 is 0 Å². The molecule has 1 N–H and O–H groups in total. The Morgan fingerprint density at radius 3 is 2.52 bits per heavy atom. The third kappa shape index (κ3) is 3.75. The fraction of sp³-hybridized carbons (Fsp3) is 0.618. The summed E-state index contributed by atoms with van der Waals surface area (Å²) in [4.78, 5) is 19.4. The molecule has 6 heterocycles. The molecule has 0 atom stereocenters. The first kappa shape index (κ1) is 27.4. The SMILES string of the molecule is C=CC(=O)N1CC2(CC(n3nc(N4CCC5(CN(C6COC6)C5)CC45CCC5)c(-c4c(Cl)c(C)cc5[nH]ncc45)c3C)C2)C1. The van der Waals surface area contributed by atoms with Crippen molar-refractivity contribution in [3.63, 3.8) is 0 Å². The number of anilines is 1. The van der Waals surface area contributed by atoms with Crippen LogP contribution in [0.5, 0.6) is 0 Å². The number of fused-ring (bicyclic) bond motifs is 1. The van der Waals surface area contributed by atoms with E-state index in [0.29, 0.717) is 17.5 Å². The maximum atomic E-state index is 12.1. The quantitative estimate of drug-likeness (QED) is 0.394. The molecule has 2 aliphatic carbocycles. The van der Waals surface area contributed by atoms with E-state index in [1.54, 1.807) is 0 Å². The van der Waals surface area contributed by atoms with E-state index >= 15 is 0 Å². The van der Waals surface area contributed by atoms with E-state index in [1.165, 1.54) is 62.5 Å². The molecule has 2 aromatic heterocycles.